The van der Waals surface area contributed by atoms with Crippen molar-refractivity contribution >= 4 is 33.3 Å². The second-order valence-electron chi connectivity index (χ2n) is 7.21. The summed E-state index contributed by atoms with van der Waals surface area (Å²) < 4.78 is 16.9. The molecule has 1 atom stereocenters. The van der Waals surface area contributed by atoms with Gasteiger partial charge in [0.2, 0.25) is 5.43 Å². The Morgan fingerprint density at radius 2 is 2.18 bits per heavy atom. The summed E-state index contributed by atoms with van der Waals surface area (Å²) in [6, 6.07) is 2.57. The van der Waals surface area contributed by atoms with Gasteiger partial charge in [0.15, 0.2) is 5.13 Å². The molecular weight excluding hydrogens is 383 g/mol. The Morgan fingerprint density at radius 3 is 2.89 bits per heavy atom. The summed E-state index contributed by atoms with van der Waals surface area (Å²) in [6.45, 7) is 0.645. The van der Waals surface area contributed by atoms with Crippen LogP contribution in [0.25, 0.3) is 10.9 Å². The van der Waals surface area contributed by atoms with Gasteiger partial charge in [-0.2, -0.15) is 0 Å². The van der Waals surface area contributed by atoms with Crippen molar-refractivity contribution < 1.29 is 14.3 Å². The van der Waals surface area contributed by atoms with E-state index in [4.69, 9.17) is 5.73 Å². The predicted molar refractivity (Wildman–Crippen MR) is 103 cm³/mol. The van der Waals surface area contributed by atoms with Crippen LogP contribution in [0.5, 0.6) is 0 Å². The Balaban J connectivity index is 1.75. The van der Waals surface area contributed by atoms with Gasteiger partial charge in [0, 0.05) is 36.2 Å². The summed E-state index contributed by atoms with van der Waals surface area (Å²) in [5, 5.41) is 13.2. The number of hydrogen-bond donors (Lipinski definition) is 3. The van der Waals surface area contributed by atoms with Crippen molar-refractivity contribution in [3.05, 3.63) is 56.1 Å². The van der Waals surface area contributed by atoms with Crippen molar-refractivity contribution in [2.24, 2.45) is 0 Å². The molecule has 0 saturated heterocycles. The van der Waals surface area contributed by atoms with E-state index in [1.165, 1.54) is 23.6 Å². The van der Waals surface area contributed by atoms with Gasteiger partial charge in [0.25, 0.3) is 0 Å². The Bertz CT molecular complexity index is 1200. The largest absolute Gasteiger partial charge is 0.477 e. The monoisotopic (exact) mass is 400 g/mol. The summed E-state index contributed by atoms with van der Waals surface area (Å²) in [4.78, 5) is 29.3. The van der Waals surface area contributed by atoms with E-state index in [0.29, 0.717) is 22.8 Å². The molecule has 0 bridgehead atoms. The van der Waals surface area contributed by atoms with Crippen LogP contribution in [-0.4, -0.2) is 27.2 Å². The third kappa shape index (κ3) is 2.61. The van der Waals surface area contributed by atoms with Crippen LogP contribution in [0, 0.1) is 5.82 Å². The molecule has 1 fully saturated rings. The molecule has 1 unspecified atom stereocenters. The fourth-order valence-corrected chi connectivity index (χ4v) is 4.85. The summed E-state index contributed by atoms with van der Waals surface area (Å²) in [7, 11) is 0. The topological polar surface area (TPSA) is 110 Å². The first-order valence-electron chi connectivity index (χ1n) is 9.04. The number of fused-ring (bicyclic) bond motifs is 2. The number of nitrogen functional groups attached to an aromatic ring is 1. The van der Waals surface area contributed by atoms with Crippen LogP contribution >= 0.6 is 11.3 Å². The van der Waals surface area contributed by atoms with Gasteiger partial charge in [-0.1, -0.05) is 0 Å². The van der Waals surface area contributed by atoms with Crippen molar-refractivity contribution in [3.63, 3.8) is 0 Å². The lowest BCUT2D eigenvalue weighted by Crippen LogP contribution is -2.30. The van der Waals surface area contributed by atoms with Crippen LogP contribution in [-0.2, 0) is 6.42 Å². The number of carboxylic acids is 1. The van der Waals surface area contributed by atoms with Crippen molar-refractivity contribution in [1.82, 2.24) is 14.9 Å². The van der Waals surface area contributed by atoms with Crippen LogP contribution in [0.3, 0.4) is 0 Å². The summed E-state index contributed by atoms with van der Waals surface area (Å²) >= 11 is 1.33. The number of carboxylic acid groups (broad SMARTS) is 1. The third-order valence-electron chi connectivity index (χ3n) is 5.35. The molecule has 4 N–H and O–H groups in total. The highest BCUT2D eigenvalue weighted by molar-refractivity contribution is 7.15. The van der Waals surface area contributed by atoms with Crippen LogP contribution in [0.4, 0.5) is 9.52 Å². The maximum absolute atomic E-state index is 15.1. The van der Waals surface area contributed by atoms with Crippen molar-refractivity contribution in [1.29, 1.82) is 0 Å². The minimum atomic E-state index is -1.30. The standard InChI is InChI=1S/C19H17FN4O3S/c20-12-5-10-14(24(8-1-2-8)7-11(16(10)25)18(26)27)6-9(12)15-17-13(3-4-22-15)23-19(21)28-17/h5-8,15,22H,1-4H2,(H2,21,23)(H,26,27). The van der Waals surface area contributed by atoms with Crippen LogP contribution in [0.2, 0.25) is 0 Å². The van der Waals surface area contributed by atoms with Crippen LogP contribution in [0.1, 0.15) is 51.4 Å². The first kappa shape index (κ1) is 17.3. The van der Waals surface area contributed by atoms with Crippen molar-refractivity contribution in [2.75, 3.05) is 12.3 Å². The number of carbonyl (C=O) groups is 1. The maximum Gasteiger partial charge on any atom is 0.341 e. The second kappa shape index (κ2) is 6.11. The number of nitrogens with two attached hydrogens (primary N) is 1. The number of pyridine rings is 1. The molecule has 0 spiro atoms. The number of thiazole rings is 1. The number of nitrogens with zero attached hydrogens (tertiary/aromatic N) is 2. The normalized spacial score (nSPS) is 19.0. The van der Waals surface area contributed by atoms with Gasteiger partial charge in [-0.3, -0.25) is 4.79 Å². The highest BCUT2D eigenvalue weighted by atomic mass is 32.1. The van der Waals surface area contributed by atoms with Gasteiger partial charge in [-0.05, 0) is 25.0 Å². The summed E-state index contributed by atoms with van der Waals surface area (Å²) in [6.07, 6.45) is 3.92. The lowest BCUT2D eigenvalue weighted by atomic mass is 9.97. The molecule has 3 heterocycles. The zero-order valence-corrected chi connectivity index (χ0v) is 15.6. The van der Waals surface area contributed by atoms with Gasteiger partial charge in [-0.15, -0.1) is 11.3 Å². The molecule has 144 valence electrons. The fraction of sp³-hybridized carbons (Fsp3) is 0.316. The van der Waals surface area contributed by atoms with E-state index in [9.17, 15) is 14.7 Å². The lowest BCUT2D eigenvalue weighted by Gasteiger charge is -2.24. The van der Waals surface area contributed by atoms with E-state index in [2.05, 4.69) is 10.3 Å². The zero-order chi connectivity index (χ0) is 19.6. The van der Waals surface area contributed by atoms with E-state index in [0.717, 1.165) is 29.8 Å². The van der Waals surface area contributed by atoms with E-state index < -0.39 is 23.3 Å². The number of hydrogen-bond acceptors (Lipinski definition) is 6. The first-order chi connectivity index (χ1) is 13.4. The molecule has 1 saturated carbocycles. The minimum Gasteiger partial charge on any atom is -0.477 e. The summed E-state index contributed by atoms with van der Waals surface area (Å²) in [5.74, 6) is -1.85. The lowest BCUT2D eigenvalue weighted by molar-refractivity contribution is 0.0695. The van der Waals surface area contributed by atoms with Gasteiger partial charge >= 0.3 is 5.97 Å². The smallest absolute Gasteiger partial charge is 0.341 e. The van der Waals surface area contributed by atoms with Crippen LogP contribution < -0.4 is 16.5 Å². The van der Waals surface area contributed by atoms with Gasteiger partial charge in [0.05, 0.1) is 22.1 Å². The number of nitrogens with one attached hydrogen (secondary N) is 1. The molecular formula is C19H17FN4O3S. The molecule has 0 amide bonds. The number of aromatic nitrogens is 2. The number of aromatic carboxylic acids is 1. The number of halogens is 1. The van der Waals surface area contributed by atoms with Crippen LogP contribution in [0.15, 0.2) is 23.1 Å². The Labute approximate surface area is 162 Å². The molecule has 3 aromatic rings. The molecule has 2 aliphatic rings. The van der Waals surface area contributed by atoms with E-state index in [1.807, 2.05) is 0 Å². The number of benzene rings is 1. The number of rotatable bonds is 3. The minimum absolute atomic E-state index is 0.0906. The molecule has 1 aliphatic carbocycles. The van der Waals surface area contributed by atoms with Gasteiger partial charge in [0.1, 0.15) is 11.4 Å². The predicted octanol–water partition coefficient (Wildman–Crippen LogP) is 2.45. The molecule has 28 heavy (non-hydrogen) atoms. The molecule has 0 radical (unpaired) electrons. The molecule has 5 rings (SSSR count). The average Bonchev–Trinajstić information content (AvgIpc) is 3.41. The van der Waals surface area contributed by atoms with Gasteiger partial charge < -0.3 is 20.7 Å². The highest BCUT2D eigenvalue weighted by Crippen LogP contribution is 2.39. The molecule has 1 aliphatic heterocycles. The second-order valence-corrected chi connectivity index (χ2v) is 8.27. The highest BCUT2D eigenvalue weighted by Gasteiger charge is 2.31. The fourth-order valence-electron chi connectivity index (χ4n) is 3.88. The molecule has 9 heteroatoms. The van der Waals surface area contributed by atoms with Crippen molar-refractivity contribution in [3.8, 4) is 0 Å². The zero-order valence-electron chi connectivity index (χ0n) is 14.7. The van der Waals surface area contributed by atoms with E-state index in [1.54, 1.807) is 10.6 Å². The van der Waals surface area contributed by atoms with E-state index in [-0.39, 0.29) is 17.0 Å². The van der Waals surface area contributed by atoms with Gasteiger partial charge in [-0.25, -0.2) is 14.2 Å². The Hall–Kier alpha value is -2.78. The summed E-state index contributed by atoms with van der Waals surface area (Å²) in [5.41, 5.74) is 6.69. The Morgan fingerprint density at radius 1 is 1.39 bits per heavy atom. The maximum atomic E-state index is 15.1. The molecule has 2 aromatic heterocycles. The quantitative estimate of drug-likeness (QED) is 0.623. The molecule has 1 aromatic carbocycles. The number of anilines is 1. The molecule has 7 nitrogen and oxygen atoms in total. The first-order valence-corrected chi connectivity index (χ1v) is 9.85. The third-order valence-corrected chi connectivity index (χ3v) is 6.34. The SMILES string of the molecule is Nc1nc2c(s1)C(c1cc3c(cc1F)c(=O)c(C(=O)O)cn3C1CC1)NCC2. The Kier molecular flexibility index (Phi) is 3.78. The average molecular weight is 400 g/mol. The van der Waals surface area contributed by atoms with E-state index >= 15 is 4.39 Å². The van der Waals surface area contributed by atoms with Crippen molar-refractivity contribution in [2.45, 2.75) is 31.3 Å².